The van der Waals surface area contributed by atoms with Crippen molar-refractivity contribution < 1.29 is 74.6 Å². The molecule has 0 aliphatic rings. The van der Waals surface area contributed by atoms with Crippen LogP contribution >= 0.6 is 0 Å². The summed E-state index contributed by atoms with van der Waals surface area (Å²) in [6.07, 6.45) is -9.19. The first-order valence-electron chi connectivity index (χ1n) is 6.16. The molecule has 0 atom stereocenters. The fourth-order valence-electron chi connectivity index (χ4n) is 1.49. The molecule has 0 fully saturated rings. The van der Waals surface area contributed by atoms with Crippen LogP contribution in [0.15, 0.2) is 12.2 Å². The quantitative estimate of drug-likeness (QED) is 0.298. The maximum absolute atomic E-state index is 13.2. The van der Waals surface area contributed by atoms with Gasteiger partial charge in [0.15, 0.2) is 0 Å². The van der Waals surface area contributed by atoms with Gasteiger partial charge in [-0.3, -0.25) is 0 Å². The minimum Gasteiger partial charge on any atom is -0.195 e. The molecule has 0 amide bonds. The van der Waals surface area contributed by atoms with Crippen LogP contribution in [-0.2, 0) is 0 Å². The molecule has 0 aromatic carbocycles. The molecule has 28 heavy (non-hydrogen) atoms. The molecule has 0 aliphatic carbocycles. The summed E-state index contributed by atoms with van der Waals surface area (Å²) in [4.78, 5) is 0. The molecule has 0 N–H and O–H groups in total. The van der Waals surface area contributed by atoms with Gasteiger partial charge in [-0.2, -0.15) is 74.6 Å². The zero-order valence-corrected chi connectivity index (χ0v) is 12.6. The highest BCUT2D eigenvalue weighted by atomic mass is 19.4. The zero-order chi connectivity index (χ0) is 23.4. The predicted octanol–water partition coefficient (Wildman–Crippen LogP) is 6.57. The van der Waals surface area contributed by atoms with Gasteiger partial charge >= 0.3 is 47.6 Å². The zero-order valence-electron chi connectivity index (χ0n) is 12.6. The third-order valence-corrected chi connectivity index (χ3v) is 3.12. The van der Waals surface area contributed by atoms with Crippen molar-refractivity contribution in [2.45, 2.75) is 54.6 Å². The van der Waals surface area contributed by atoms with Crippen LogP contribution in [0.25, 0.3) is 0 Å². The van der Waals surface area contributed by atoms with Gasteiger partial charge in [0, 0.05) is 0 Å². The summed E-state index contributed by atoms with van der Waals surface area (Å²) in [5.41, 5.74) is 0. The molecule has 0 aromatic heterocycles. The van der Waals surface area contributed by atoms with Gasteiger partial charge in [-0.25, -0.2) is 0 Å². The Kier molecular flexibility index (Phi) is 6.19. The van der Waals surface area contributed by atoms with E-state index in [0.29, 0.717) is 6.92 Å². The molecular weight excluding hydrogens is 455 g/mol. The summed E-state index contributed by atoms with van der Waals surface area (Å²) >= 11 is 0. The fraction of sp³-hybridized carbons (Fsp3) is 0.818. The predicted molar refractivity (Wildman–Crippen MR) is 55.5 cm³/mol. The molecule has 0 unspecified atom stereocenters. The molecular formula is C11H5F17. The van der Waals surface area contributed by atoms with Gasteiger partial charge in [-0.15, -0.1) is 0 Å². The molecule has 0 saturated carbocycles. The molecule has 17 heteroatoms. The minimum absolute atomic E-state index is 0.188. The molecule has 0 spiro atoms. The van der Waals surface area contributed by atoms with E-state index >= 15 is 0 Å². The molecule has 168 valence electrons. The lowest BCUT2D eigenvalue weighted by atomic mass is 9.89. The van der Waals surface area contributed by atoms with Crippen molar-refractivity contribution in [2.75, 3.05) is 0 Å². The monoisotopic (exact) mass is 460 g/mol. The number of allylic oxidation sites excluding steroid dienone is 2. The standard InChI is InChI=1S/C11H5F17/c1-2-3-4(12,13)5(14,15)6(16,17)7(18,19)8(20,21)9(22,23)10(24,25)11(26,27)28/h2-3H,1H3. The van der Waals surface area contributed by atoms with Gasteiger partial charge in [0.25, 0.3) is 0 Å². The van der Waals surface area contributed by atoms with Crippen LogP contribution in [0.2, 0.25) is 0 Å². The van der Waals surface area contributed by atoms with E-state index in [4.69, 9.17) is 0 Å². The van der Waals surface area contributed by atoms with E-state index in [1.165, 1.54) is 0 Å². The third kappa shape index (κ3) is 3.17. The first kappa shape index (κ1) is 26.6. The number of hydrogen-bond acceptors (Lipinski definition) is 0. The van der Waals surface area contributed by atoms with E-state index in [1.54, 1.807) is 0 Å². The largest absolute Gasteiger partial charge is 0.460 e. The first-order chi connectivity index (χ1) is 11.8. The lowest BCUT2D eigenvalue weighted by molar-refractivity contribution is -0.459. The second kappa shape index (κ2) is 6.53. The topological polar surface area (TPSA) is 0 Å². The molecule has 0 bridgehead atoms. The number of rotatable bonds is 7. The summed E-state index contributed by atoms with van der Waals surface area (Å²) in [7, 11) is 0. The lowest BCUT2D eigenvalue weighted by Crippen LogP contribution is -2.74. The summed E-state index contributed by atoms with van der Waals surface area (Å²) in [6, 6.07) is 0. The number of halogens is 17. The summed E-state index contributed by atoms with van der Waals surface area (Å²) in [5, 5.41) is 0. The second-order valence-corrected chi connectivity index (χ2v) is 5.07. The van der Waals surface area contributed by atoms with Gasteiger partial charge < -0.3 is 0 Å². The maximum atomic E-state index is 13.2. The average Bonchev–Trinajstić information content (AvgIpc) is 2.44. The van der Waals surface area contributed by atoms with Crippen molar-refractivity contribution in [3.63, 3.8) is 0 Å². The molecule has 0 heterocycles. The van der Waals surface area contributed by atoms with Crippen LogP contribution in [0.5, 0.6) is 0 Å². The van der Waals surface area contributed by atoms with Crippen LogP contribution in [0, 0.1) is 0 Å². The van der Waals surface area contributed by atoms with E-state index in [2.05, 4.69) is 0 Å². The third-order valence-electron chi connectivity index (χ3n) is 3.12. The maximum Gasteiger partial charge on any atom is 0.460 e. The van der Waals surface area contributed by atoms with Crippen molar-refractivity contribution in [1.29, 1.82) is 0 Å². The smallest absolute Gasteiger partial charge is 0.195 e. The van der Waals surface area contributed by atoms with Gasteiger partial charge in [0.2, 0.25) is 0 Å². The number of alkyl halides is 17. The Balaban J connectivity index is 6.72. The van der Waals surface area contributed by atoms with Crippen molar-refractivity contribution >= 4 is 0 Å². The van der Waals surface area contributed by atoms with E-state index < -0.39 is 53.7 Å². The van der Waals surface area contributed by atoms with Crippen LogP contribution in [0.3, 0.4) is 0 Å². The summed E-state index contributed by atoms with van der Waals surface area (Å²) in [5.74, 6) is -56.0. The van der Waals surface area contributed by atoms with Crippen molar-refractivity contribution in [1.82, 2.24) is 0 Å². The molecule has 0 rings (SSSR count). The SMILES string of the molecule is CC=CC(F)(F)C(F)(F)C(F)(F)C(F)(F)C(F)(F)C(F)(F)C(F)(F)C(F)(F)F. The Labute approximate surface area is 143 Å². The average molecular weight is 460 g/mol. The Hall–Kier alpha value is -1.45. The molecule has 0 nitrogen and oxygen atoms in total. The number of hydrogen-bond donors (Lipinski definition) is 0. The van der Waals surface area contributed by atoms with E-state index in [-0.39, 0.29) is 6.08 Å². The first-order valence-corrected chi connectivity index (χ1v) is 6.16. The van der Waals surface area contributed by atoms with E-state index in [9.17, 15) is 74.6 Å². The van der Waals surface area contributed by atoms with E-state index in [1.807, 2.05) is 0 Å². The van der Waals surface area contributed by atoms with Crippen LogP contribution in [0.1, 0.15) is 6.92 Å². The van der Waals surface area contributed by atoms with Crippen molar-refractivity contribution in [3.05, 3.63) is 12.2 Å². The Bertz CT molecular complexity index is 593. The highest BCUT2D eigenvalue weighted by Gasteiger charge is 2.95. The molecule has 0 aliphatic heterocycles. The van der Waals surface area contributed by atoms with Crippen LogP contribution in [-0.4, -0.2) is 47.6 Å². The van der Waals surface area contributed by atoms with Crippen molar-refractivity contribution in [3.8, 4) is 0 Å². The van der Waals surface area contributed by atoms with Gasteiger partial charge in [-0.1, -0.05) is 6.08 Å². The fourth-order valence-corrected chi connectivity index (χ4v) is 1.49. The van der Waals surface area contributed by atoms with Crippen LogP contribution in [0.4, 0.5) is 74.6 Å². The second-order valence-electron chi connectivity index (χ2n) is 5.07. The van der Waals surface area contributed by atoms with Gasteiger partial charge in [-0.05, 0) is 13.0 Å². The molecule has 0 aromatic rings. The Morgan fingerprint density at radius 1 is 0.393 bits per heavy atom. The van der Waals surface area contributed by atoms with Gasteiger partial charge in [0.05, 0.1) is 0 Å². The highest BCUT2D eigenvalue weighted by molar-refractivity contribution is 5.17. The minimum atomic E-state index is -8.59. The highest BCUT2D eigenvalue weighted by Crippen LogP contribution is 2.63. The van der Waals surface area contributed by atoms with Gasteiger partial charge in [0.1, 0.15) is 0 Å². The summed E-state index contributed by atoms with van der Waals surface area (Å²) in [6.45, 7) is 0.410. The molecule has 0 radical (unpaired) electrons. The molecule has 0 saturated heterocycles. The Morgan fingerprint density at radius 2 is 0.643 bits per heavy atom. The summed E-state index contributed by atoms with van der Waals surface area (Å²) < 4.78 is 217. The van der Waals surface area contributed by atoms with Crippen molar-refractivity contribution in [2.24, 2.45) is 0 Å². The van der Waals surface area contributed by atoms with E-state index in [0.717, 1.165) is 0 Å². The normalized spacial score (nSPS) is 16.8. The lowest BCUT2D eigenvalue weighted by Gasteiger charge is -2.42. The van der Waals surface area contributed by atoms with Crippen LogP contribution < -0.4 is 0 Å². The Morgan fingerprint density at radius 3 is 0.893 bits per heavy atom.